The highest BCUT2D eigenvalue weighted by atomic mass is 32.2. The third-order valence-corrected chi connectivity index (χ3v) is 7.11. The standard InChI is InChI=1S/C18H25N5O3S/c24-18(20-16-3-8-27(25,26)13-16)12-23-6-4-22(5-7-23)11-14-1-2-15-10-19-21-17(15)9-14/h1-2,9-10,16H,3-8,11-13H2,(H,19,21)(H,20,24). The number of aromatic nitrogens is 2. The van der Waals surface area contributed by atoms with Crippen molar-refractivity contribution in [2.24, 2.45) is 0 Å². The number of hydrogen-bond acceptors (Lipinski definition) is 6. The Kier molecular flexibility index (Phi) is 5.16. The quantitative estimate of drug-likeness (QED) is 0.744. The summed E-state index contributed by atoms with van der Waals surface area (Å²) >= 11 is 0. The maximum absolute atomic E-state index is 12.2. The van der Waals surface area contributed by atoms with Gasteiger partial charge in [0.15, 0.2) is 9.84 Å². The number of carbonyl (C=O) groups excluding carboxylic acids is 1. The van der Waals surface area contributed by atoms with Crippen molar-refractivity contribution in [3.8, 4) is 0 Å². The van der Waals surface area contributed by atoms with E-state index < -0.39 is 9.84 Å². The van der Waals surface area contributed by atoms with Crippen LogP contribution in [0, 0.1) is 0 Å². The van der Waals surface area contributed by atoms with Crippen molar-refractivity contribution in [1.82, 2.24) is 25.3 Å². The molecule has 146 valence electrons. The average molecular weight is 391 g/mol. The zero-order valence-corrected chi connectivity index (χ0v) is 16.0. The van der Waals surface area contributed by atoms with Crippen molar-refractivity contribution in [3.63, 3.8) is 0 Å². The lowest BCUT2D eigenvalue weighted by Crippen LogP contribution is -2.50. The first kappa shape index (κ1) is 18.4. The first-order valence-electron chi connectivity index (χ1n) is 9.33. The van der Waals surface area contributed by atoms with Crippen molar-refractivity contribution in [2.45, 2.75) is 19.0 Å². The summed E-state index contributed by atoms with van der Waals surface area (Å²) in [4.78, 5) is 16.7. The SMILES string of the molecule is O=C(CN1CCN(Cc2ccc3cn[nH]c3c2)CC1)NC1CCS(=O)(=O)C1. The number of piperazine rings is 1. The summed E-state index contributed by atoms with van der Waals surface area (Å²) in [6, 6.07) is 6.13. The van der Waals surface area contributed by atoms with Gasteiger partial charge in [-0.1, -0.05) is 12.1 Å². The van der Waals surface area contributed by atoms with E-state index in [2.05, 4.69) is 43.5 Å². The fourth-order valence-corrected chi connectivity index (χ4v) is 5.50. The minimum absolute atomic E-state index is 0.0738. The first-order valence-corrected chi connectivity index (χ1v) is 11.2. The van der Waals surface area contributed by atoms with Crippen molar-refractivity contribution in [3.05, 3.63) is 30.0 Å². The summed E-state index contributed by atoms with van der Waals surface area (Å²) < 4.78 is 23.0. The molecule has 0 saturated carbocycles. The topological polar surface area (TPSA) is 98.4 Å². The van der Waals surface area contributed by atoms with E-state index in [1.807, 2.05) is 6.20 Å². The van der Waals surface area contributed by atoms with Gasteiger partial charge in [-0.25, -0.2) is 8.42 Å². The molecule has 2 N–H and O–H groups in total. The van der Waals surface area contributed by atoms with E-state index in [4.69, 9.17) is 0 Å². The van der Waals surface area contributed by atoms with Gasteiger partial charge in [-0.3, -0.25) is 19.7 Å². The number of rotatable bonds is 5. The van der Waals surface area contributed by atoms with Crippen LogP contribution in [0.25, 0.3) is 10.9 Å². The molecule has 1 unspecified atom stereocenters. The molecular formula is C18H25N5O3S. The Bertz CT molecular complexity index is 918. The fraction of sp³-hybridized carbons (Fsp3) is 0.556. The maximum Gasteiger partial charge on any atom is 0.234 e. The third-order valence-electron chi connectivity index (χ3n) is 5.34. The number of fused-ring (bicyclic) bond motifs is 1. The smallest absolute Gasteiger partial charge is 0.234 e. The van der Waals surface area contributed by atoms with Crippen LogP contribution >= 0.6 is 0 Å². The van der Waals surface area contributed by atoms with Crippen molar-refractivity contribution < 1.29 is 13.2 Å². The van der Waals surface area contributed by atoms with Crippen LogP contribution in [0.3, 0.4) is 0 Å². The van der Waals surface area contributed by atoms with E-state index in [1.165, 1.54) is 5.56 Å². The van der Waals surface area contributed by atoms with E-state index >= 15 is 0 Å². The van der Waals surface area contributed by atoms with Crippen LogP contribution in [0.15, 0.2) is 24.4 Å². The van der Waals surface area contributed by atoms with Gasteiger partial charge in [0, 0.05) is 44.2 Å². The number of nitrogens with one attached hydrogen (secondary N) is 2. The Morgan fingerprint density at radius 1 is 1.22 bits per heavy atom. The van der Waals surface area contributed by atoms with E-state index in [-0.39, 0.29) is 23.5 Å². The van der Waals surface area contributed by atoms with Crippen LogP contribution in [0.2, 0.25) is 0 Å². The Labute approximate surface area is 158 Å². The molecule has 9 heteroatoms. The minimum atomic E-state index is -2.96. The molecule has 3 heterocycles. The van der Waals surface area contributed by atoms with E-state index in [0.29, 0.717) is 13.0 Å². The lowest BCUT2D eigenvalue weighted by molar-refractivity contribution is -0.123. The summed E-state index contributed by atoms with van der Waals surface area (Å²) in [7, 11) is -2.96. The van der Waals surface area contributed by atoms with Gasteiger partial charge in [-0.2, -0.15) is 5.10 Å². The Hall–Kier alpha value is -1.97. The van der Waals surface area contributed by atoms with Crippen molar-refractivity contribution in [2.75, 3.05) is 44.2 Å². The van der Waals surface area contributed by atoms with Gasteiger partial charge in [0.05, 0.1) is 29.8 Å². The molecule has 1 aromatic carbocycles. The highest BCUT2D eigenvalue weighted by molar-refractivity contribution is 7.91. The molecule has 8 nitrogen and oxygen atoms in total. The molecule has 27 heavy (non-hydrogen) atoms. The average Bonchev–Trinajstić information content (AvgIpc) is 3.22. The second-order valence-electron chi connectivity index (χ2n) is 7.51. The monoisotopic (exact) mass is 391 g/mol. The number of amides is 1. The highest BCUT2D eigenvalue weighted by Gasteiger charge is 2.29. The molecule has 2 aliphatic rings. The van der Waals surface area contributed by atoms with E-state index in [1.54, 1.807) is 0 Å². The zero-order valence-electron chi connectivity index (χ0n) is 15.2. The lowest BCUT2D eigenvalue weighted by atomic mass is 10.1. The highest BCUT2D eigenvalue weighted by Crippen LogP contribution is 2.15. The minimum Gasteiger partial charge on any atom is -0.351 e. The number of aromatic amines is 1. The summed E-state index contributed by atoms with van der Waals surface area (Å²) in [6.45, 7) is 4.71. The van der Waals surface area contributed by atoms with Crippen molar-refractivity contribution in [1.29, 1.82) is 0 Å². The molecule has 2 aliphatic heterocycles. The number of nitrogens with zero attached hydrogens (tertiary/aromatic N) is 3. The Balaban J connectivity index is 1.22. The first-order chi connectivity index (χ1) is 13.0. The van der Waals surface area contributed by atoms with Crippen LogP contribution in [0.5, 0.6) is 0 Å². The van der Waals surface area contributed by atoms with Crippen LogP contribution in [-0.2, 0) is 21.2 Å². The number of H-pyrrole nitrogens is 1. The zero-order chi connectivity index (χ0) is 18.9. The molecule has 2 fully saturated rings. The molecule has 0 spiro atoms. The van der Waals surface area contributed by atoms with Gasteiger partial charge in [0.1, 0.15) is 0 Å². The molecule has 2 saturated heterocycles. The Morgan fingerprint density at radius 2 is 2.00 bits per heavy atom. The van der Waals surface area contributed by atoms with E-state index in [9.17, 15) is 13.2 Å². The molecule has 1 atom stereocenters. The predicted octanol–water partition coefficient (Wildman–Crippen LogP) is -0.0162. The number of benzene rings is 1. The second-order valence-corrected chi connectivity index (χ2v) is 9.74. The van der Waals surface area contributed by atoms with Gasteiger partial charge in [0.2, 0.25) is 5.91 Å². The predicted molar refractivity (Wildman–Crippen MR) is 103 cm³/mol. The van der Waals surface area contributed by atoms with Gasteiger partial charge in [0.25, 0.3) is 0 Å². The Morgan fingerprint density at radius 3 is 2.74 bits per heavy atom. The van der Waals surface area contributed by atoms with Crippen LogP contribution in [0.4, 0.5) is 0 Å². The molecule has 0 radical (unpaired) electrons. The number of sulfone groups is 1. The summed E-state index contributed by atoms with van der Waals surface area (Å²) in [5.74, 6) is 0.184. The second kappa shape index (κ2) is 7.57. The van der Waals surface area contributed by atoms with E-state index in [0.717, 1.165) is 43.6 Å². The summed E-state index contributed by atoms with van der Waals surface area (Å²) in [6.07, 6.45) is 2.35. The molecule has 4 rings (SSSR count). The number of hydrogen-bond donors (Lipinski definition) is 2. The van der Waals surface area contributed by atoms with Gasteiger partial charge >= 0.3 is 0 Å². The van der Waals surface area contributed by atoms with Gasteiger partial charge in [-0.15, -0.1) is 0 Å². The van der Waals surface area contributed by atoms with Crippen LogP contribution in [0.1, 0.15) is 12.0 Å². The molecule has 0 aliphatic carbocycles. The molecule has 1 aromatic heterocycles. The molecule has 1 amide bonds. The molecule has 2 aromatic rings. The number of carbonyl (C=O) groups is 1. The largest absolute Gasteiger partial charge is 0.351 e. The van der Waals surface area contributed by atoms with Crippen LogP contribution in [-0.4, -0.2) is 84.6 Å². The van der Waals surface area contributed by atoms with Gasteiger partial charge in [-0.05, 0) is 18.1 Å². The summed E-state index contributed by atoms with van der Waals surface area (Å²) in [5, 5.41) is 11.0. The maximum atomic E-state index is 12.2. The van der Waals surface area contributed by atoms with Crippen molar-refractivity contribution >= 4 is 26.6 Å². The normalized spacial score (nSPS) is 23.6. The lowest BCUT2D eigenvalue weighted by Gasteiger charge is -2.34. The summed E-state index contributed by atoms with van der Waals surface area (Å²) in [5.41, 5.74) is 2.30. The third kappa shape index (κ3) is 4.66. The van der Waals surface area contributed by atoms with Gasteiger partial charge < -0.3 is 5.32 Å². The molecule has 0 bridgehead atoms. The molecular weight excluding hydrogens is 366 g/mol. The van der Waals surface area contributed by atoms with Crippen LogP contribution < -0.4 is 5.32 Å². The fourth-order valence-electron chi connectivity index (χ4n) is 3.83.